The SMILES string of the molecule is CCCC(C)/C(N)=C/N(C)N. The molecule has 3 nitrogen and oxygen atoms in total. The second-order valence-electron chi connectivity index (χ2n) is 2.98. The number of hydrogen-bond acceptors (Lipinski definition) is 3. The van der Waals surface area contributed by atoms with Crippen molar-refractivity contribution in [3.8, 4) is 0 Å². The summed E-state index contributed by atoms with van der Waals surface area (Å²) >= 11 is 0. The van der Waals surface area contributed by atoms with Gasteiger partial charge in [-0.05, 0) is 12.3 Å². The van der Waals surface area contributed by atoms with Crippen LogP contribution in [-0.4, -0.2) is 12.1 Å². The Kier molecular flexibility index (Phi) is 4.70. The molecule has 4 N–H and O–H groups in total. The van der Waals surface area contributed by atoms with E-state index in [1.165, 1.54) is 5.01 Å². The second-order valence-corrected chi connectivity index (χ2v) is 2.98. The standard InChI is InChI=1S/C8H19N3/c1-4-5-7(2)8(9)6-11(3)10/h6-7H,4-5,9-10H2,1-3H3/b8-6-. The third-order valence-electron chi connectivity index (χ3n) is 1.64. The summed E-state index contributed by atoms with van der Waals surface area (Å²) in [5, 5.41) is 1.49. The summed E-state index contributed by atoms with van der Waals surface area (Å²) in [6.07, 6.45) is 4.04. The van der Waals surface area contributed by atoms with Crippen molar-refractivity contribution < 1.29 is 0 Å². The monoisotopic (exact) mass is 157 g/mol. The fraction of sp³-hybridized carbons (Fsp3) is 0.750. The summed E-state index contributed by atoms with van der Waals surface area (Å²) in [5.74, 6) is 5.84. The zero-order chi connectivity index (χ0) is 8.85. The van der Waals surface area contributed by atoms with Gasteiger partial charge in [0.15, 0.2) is 0 Å². The van der Waals surface area contributed by atoms with E-state index >= 15 is 0 Å². The predicted molar refractivity (Wildman–Crippen MR) is 48.3 cm³/mol. The molecule has 0 amide bonds. The van der Waals surface area contributed by atoms with Crippen molar-refractivity contribution in [2.45, 2.75) is 26.7 Å². The minimum atomic E-state index is 0.436. The normalized spacial score (nSPS) is 14.7. The molecule has 66 valence electrons. The minimum Gasteiger partial charge on any atom is -0.401 e. The Morgan fingerprint density at radius 2 is 2.18 bits per heavy atom. The molecule has 0 spiro atoms. The van der Waals surface area contributed by atoms with Crippen LogP contribution >= 0.6 is 0 Å². The molecule has 0 aliphatic heterocycles. The van der Waals surface area contributed by atoms with E-state index in [1.807, 2.05) is 0 Å². The number of hydrogen-bond donors (Lipinski definition) is 2. The molecule has 0 fully saturated rings. The first-order valence-corrected chi connectivity index (χ1v) is 4.02. The summed E-state index contributed by atoms with van der Waals surface area (Å²) in [6.45, 7) is 4.26. The maximum atomic E-state index is 5.74. The first-order valence-electron chi connectivity index (χ1n) is 4.02. The van der Waals surface area contributed by atoms with Crippen LogP contribution in [0.3, 0.4) is 0 Å². The molecule has 0 bridgehead atoms. The third-order valence-corrected chi connectivity index (χ3v) is 1.64. The lowest BCUT2D eigenvalue weighted by Crippen LogP contribution is -2.22. The number of rotatable bonds is 4. The molecule has 3 heteroatoms. The van der Waals surface area contributed by atoms with E-state index in [-0.39, 0.29) is 0 Å². The van der Waals surface area contributed by atoms with Crippen LogP contribution < -0.4 is 11.6 Å². The molecule has 0 aromatic rings. The highest BCUT2D eigenvalue weighted by molar-refractivity contribution is 4.98. The van der Waals surface area contributed by atoms with Crippen molar-refractivity contribution in [3.63, 3.8) is 0 Å². The van der Waals surface area contributed by atoms with Gasteiger partial charge in [-0.3, -0.25) is 0 Å². The van der Waals surface area contributed by atoms with Gasteiger partial charge in [0.2, 0.25) is 0 Å². The van der Waals surface area contributed by atoms with E-state index in [0.29, 0.717) is 5.92 Å². The van der Waals surface area contributed by atoms with Gasteiger partial charge in [-0.1, -0.05) is 20.3 Å². The van der Waals surface area contributed by atoms with Crippen LogP contribution in [0.2, 0.25) is 0 Å². The average Bonchev–Trinajstić information content (AvgIpc) is 1.86. The zero-order valence-electron chi connectivity index (χ0n) is 7.67. The minimum absolute atomic E-state index is 0.436. The molecule has 1 unspecified atom stereocenters. The van der Waals surface area contributed by atoms with Crippen molar-refractivity contribution in [2.24, 2.45) is 17.5 Å². The van der Waals surface area contributed by atoms with E-state index in [2.05, 4.69) is 13.8 Å². The Labute approximate surface area is 69.0 Å². The van der Waals surface area contributed by atoms with Gasteiger partial charge >= 0.3 is 0 Å². The number of nitrogens with zero attached hydrogens (tertiary/aromatic N) is 1. The van der Waals surface area contributed by atoms with Crippen molar-refractivity contribution in [3.05, 3.63) is 11.9 Å². The maximum Gasteiger partial charge on any atom is 0.0342 e. The van der Waals surface area contributed by atoms with Gasteiger partial charge in [0.25, 0.3) is 0 Å². The van der Waals surface area contributed by atoms with Gasteiger partial charge in [0.1, 0.15) is 0 Å². The molecule has 0 rings (SSSR count). The van der Waals surface area contributed by atoms with Gasteiger partial charge in [-0.15, -0.1) is 0 Å². The van der Waals surface area contributed by atoms with Crippen LogP contribution in [0.25, 0.3) is 0 Å². The van der Waals surface area contributed by atoms with E-state index in [0.717, 1.165) is 18.5 Å². The van der Waals surface area contributed by atoms with E-state index in [1.54, 1.807) is 13.2 Å². The quantitative estimate of drug-likeness (QED) is 0.473. The lowest BCUT2D eigenvalue weighted by Gasteiger charge is -2.13. The molecule has 0 radical (unpaired) electrons. The van der Waals surface area contributed by atoms with Crippen molar-refractivity contribution >= 4 is 0 Å². The van der Waals surface area contributed by atoms with Crippen molar-refractivity contribution in [1.82, 2.24) is 5.01 Å². The van der Waals surface area contributed by atoms with Crippen LogP contribution in [0.5, 0.6) is 0 Å². The van der Waals surface area contributed by atoms with E-state index in [4.69, 9.17) is 11.6 Å². The second kappa shape index (κ2) is 5.02. The van der Waals surface area contributed by atoms with Crippen LogP contribution in [0.15, 0.2) is 11.9 Å². The average molecular weight is 157 g/mol. The summed E-state index contributed by atoms with van der Waals surface area (Å²) in [7, 11) is 1.77. The summed E-state index contributed by atoms with van der Waals surface area (Å²) in [6, 6.07) is 0. The van der Waals surface area contributed by atoms with Gasteiger partial charge in [-0.2, -0.15) is 0 Å². The number of hydrazine groups is 1. The van der Waals surface area contributed by atoms with Crippen LogP contribution in [0, 0.1) is 5.92 Å². The third kappa shape index (κ3) is 4.67. The Morgan fingerprint density at radius 1 is 1.64 bits per heavy atom. The summed E-state index contributed by atoms with van der Waals surface area (Å²) in [4.78, 5) is 0. The fourth-order valence-corrected chi connectivity index (χ4v) is 0.962. The molecule has 0 aliphatic carbocycles. The largest absolute Gasteiger partial charge is 0.401 e. The molecule has 0 aliphatic rings. The lowest BCUT2D eigenvalue weighted by molar-refractivity contribution is 0.465. The molecule has 11 heavy (non-hydrogen) atoms. The lowest BCUT2D eigenvalue weighted by atomic mass is 10.0. The van der Waals surface area contributed by atoms with Crippen LogP contribution in [-0.2, 0) is 0 Å². The zero-order valence-corrected chi connectivity index (χ0v) is 7.67. The molecular weight excluding hydrogens is 138 g/mol. The smallest absolute Gasteiger partial charge is 0.0342 e. The topological polar surface area (TPSA) is 55.3 Å². The maximum absolute atomic E-state index is 5.74. The highest BCUT2D eigenvalue weighted by Gasteiger charge is 2.02. The Hall–Kier alpha value is -0.700. The highest BCUT2D eigenvalue weighted by atomic mass is 15.4. The number of nitrogens with two attached hydrogens (primary N) is 2. The first-order chi connectivity index (χ1) is 5.07. The van der Waals surface area contributed by atoms with E-state index < -0.39 is 0 Å². The van der Waals surface area contributed by atoms with Gasteiger partial charge < -0.3 is 10.7 Å². The number of allylic oxidation sites excluding steroid dienone is 1. The Balaban J connectivity index is 3.89. The predicted octanol–water partition coefficient (Wildman–Crippen LogP) is 1.03. The Morgan fingerprint density at radius 3 is 2.55 bits per heavy atom. The van der Waals surface area contributed by atoms with Gasteiger partial charge in [0.05, 0.1) is 0 Å². The highest BCUT2D eigenvalue weighted by Crippen LogP contribution is 2.11. The first kappa shape index (κ1) is 10.3. The fourth-order valence-electron chi connectivity index (χ4n) is 0.962. The molecule has 0 aromatic carbocycles. The summed E-state index contributed by atoms with van der Waals surface area (Å²) < 4.78 is 0. The molecule has 0 heterocycles. The molecule has 0 aromatic heterocycles. The Bertz CT molecular complexity index is 129. The van der Waals surface area contributed by atoms with Crippen molar-refractivity contribution in [1.29, 1.82) is 0 Å². The van der Waals surface area contributed by atoms with Gasteiger partial charge in [0, 0.05) is 18.9 Å². The van der Waals surface area contributed by atoms with Gasteiger partial charge in [-0.25, -0.2) is 5.84 Å². The van der Waals surface area contributed by atoms with Crippen molar-refractivity contribution in [2.75, 3.05) is 7.05 Å². The molecule has 1 atom stereocenters. The molecule has 0 saturated heterocycles. The molecule has 0 saturated carbocycles. The molecular formula is C8H19N3. The van der Waals surface area contributed by atoms with Crippen LogP contribution in [0.1, 0.15) is 26.7 Å². The van der Waals surface area contributed by atoms with Crippen LogP contribution in [0.4, 0.5) is 0 Å². The van der Waals surface area contributed by atoms with E-state index in [9.17, 15) is 0 Å². The summed E-state index contributed by atoms with van der Waals surface area (Å²) in [5.41, 5.74) is 6.60.